The Bertz CT molecular complexity index is 556. The summed E-state index contributed by atoms with van der Waals surface area (Å²) in [5, 5.41) is 4.38. The number of hydrogen-bond donors (Lipinski definition) is 0. The molecule has 90 valence electrons. The molecule has 1 aromatic carbocycles. The molecule has 1 heterocycles. The monoisotopic (exact) mass is 230 g/mol. The van der Waals surface area contributed by atoms with E-state index in [2.05, 4.69) is 37.1 Å². The minimum absolute atomic E-state index is 0.929. The molecule has 2 aromatic rings. The van der Waals surface area contributed by atoms with Crippen molar-refractivity contribution in [2.24, 2.45) is 7.05 Å². The van der Waals surface area contributed by atoms with Crippen molar-refractivity contribution in [1.29, 1.82) is 0 Å². The Balaban J connectivity index is 2.69. The van der Waals surface area contributed by atoms with Crippen LogP contribution in [-0.2, 0) is 7.05 Å². The van der Waals surface area contributed by atoms with E-state index in [1.54, 1.807) is 7.11 Å². The molecule has 3 nitrogen and oxygen atoms in total. The Morgan fingerprint density at radius 3 is 2.35 bits per heavy atom. The van der Waals surface area contributed by atoms with Gasteiger partial charge in [0.2, 0.25) is 0 Å². The van der Waals surface area contributed by atoms with Gasteiger partial charge in [0.05, 0.1) is 18.5 Å². The molecule has 0 amide bonds. The van der Waals surface area contributed by atoms with Crippen molar-refractivity contribution in [2.75, 3.05) is 7.11 Å². The minimum Gasteiger partial charge on any atom is -0.496 e. The highest BCUT2D eigenvalue weighted by Gasteiger charge is 2.13. The molecule has 0 aliphatic carbocycles. The van der Waals surface area contributed by atoms with Gasteiger partial charge in [0, 0.05) is 12.6 Å². The summed E-state index contributed by atoms with van der Waals surface area (Å²) >= 11 is 0. The molecule has 0 N–H and O–H groups in total. The van der Waals surface area contributed by atoms with Gasteiger partial charge < -0.3 is 4.74 Å². The van der Waals surface area contributed by atoms with E-state index in [0.717, 1.165) is 28.3 Å². The van der Waals surface area contributed by atoms with Gasteiger partial charge >= 0.3 is 0 Å². The van der Waals surface area contributed by atoms with Gasteiger partial charge in [-0.3, -0.25) is 4.68 Å². The number of nitrogens with zero attached hydrogens (tertiary/aromatic N) is 2. The minimum atomic E-state index is 0.929. The summed E-state index contributed by atoms with van der Waals surface area (Å²) in [5.41, 5.74) is 5.60. The van der Waals surface area contributed by atoms with E-state index in [9.17, 15) is 0 Å². The van der Waals surface area contributed by atoms with Crippen LogP contribution >= 0.6 is 0 Å². The summed E-state index contributed by atoms with van der Waals surface area (Å²) in [6.45, 7) is 6.16. The zero-order chi connectivity index (χ0) is 12.6. The van der Waals surface area contributed by atoms with Crippen LogP contribution in [0.25, 0.3) is 11.3 Å². The number of benzene rings is 1. The molecule has 2 rings (SSSR count). The lowest BCUT2D eigenvalue weighted by Gasteiger charge is -2.12. The van der Waals surface area contributed by atoms with Crippen LogP contribution in [0.5, 0.6) is 5.75 Å². The van der Waals surface area contributed by atoms with Crippen LogP contribution in [0.1, 0.15) is 16.8 Å². The standard InChI is InChI=1S/C14H18N2O/c1-9-6-10(2)14(17-5)12(7-9)13-8-11(3)15-16(13)4/h6-8H,1-5H3. The van der Waals surface area contributed by atoms with Gasteiger partial charge in [-0.25, -0.2) is 0 Å². The fourth-order valence-corrected chi connectivity index (χ4v) is 2.28. The number of aryl methyl sites for hydroxylation is 4. The molecule has 0 saturated carbocycles. The van der Waals surface area contributed by atoms with Gasteiger partial charge in [-0.15, -0.1) is 0 Å². The molecule has 0 spiro atoms. The lowest BCUT2D eigenvalue weighted by molar-refractivity contribution is 0.413. The van der Waals surface area contributed by atoms with Crippen molar-refractivity contribution in [3.05, 3.63) is 35.0 Å². The SMILES string of the molecule is COc1c(C)cc(C)cc1-c1cc(C)nn1C. The Morgan fingerprint density at radius 1 is 1.12 bits per heavy atom. The van der Waals surface area contributed by atoms with Crippen molar-refractivity contribution in [1.82, 2.24) is 9.78 Å². The first-order chi connectivity index (χ1) is 8.02. The van der Waals surface area contributed by atoms with Crippen LogP contribution in [-0.4, -0.2) is 16.9 Å². The predicted molar refractivity (Wildman–Crippen MR) is 69.4 cm³/mol. The quantitative estimate of drug-likeness (QED) is 0.793. The Hall–Kier alpha value is -1.77. The summed E-state index contributed by atoms with van der Waals surface area (Å²) < 4.78 is 7.40. The van der Waals surface area contributed by atoms with E-state index < -0.39 is 0 Å². The number of hydrogen-bond acceptors (Lipinski definition) is 2. The topological polar surface area (TPSA) is 27.1 Å². The molecule has 0 saturated heterocycles. The van der Waals surface area contributed by atoms with Crippen molar-refractivity contribution in [2.45, 2.75) is 20.8 Å². The maximum absolute atomic E-state index is 5.51. The average molecular weight is 230 g/mol. The highest BCUT2D eigenvalue weighted by molar-refractivity contribution is 5.70. The first-order valence-electron chi connectivity index (χ1n) is 5.69. The van der Waals surface area contributed by atoms with Gasteiger partial charge in [-0.1, -0.05) is 6.07 Å². The van der Waals surface area contributed by atoms with Gasteiger partial charge in [0.25, 0.3) is 0 Å². The molecular weight excluding hydrogens is 212 g/mol. The average Bonchev–Trinajstić information content (AvgIpc) is 2.56. The zero-order valence-electron chi connectivity index (χ0n) is 11.0. The highest BCUT2D eigenvalue weighted by atomic mass is 16.5. The normalized spacial score (nSPS) is 10.6. The summed E-state index contributed by atoms with van der Waals surface area (Å²) in [6.07, 6.45) is 0. The predicted octanol–water partition coefficient (Wildman–Crippen LogP) is 3.02. The fraction of sp³-hybridized carbons (Fsp3) is 0.357. The Labute approximate surface area is 102 Å². The highest BCUT2D eigenvalue weighted by Crippen LogP contribution is 2.34. The first-order valence-corrected chi connectivity index (χ1v) is 5.69. The van der Waals surface area contributed by atoms with Crippen LogP contribution in [0.15, 0.2) is 18.2 Å². The molecule has 0 atom stereocenters. The summed E-state index contributed by atoms with van der Waals surface area (Å²) in [7, 11) is 3.67. The largest absolute Gasteiger partial charge is 0.496 e. The molecule has 3 heteroatoms. The van der Waals surface area contributed by atoms with E-state index in [1.807, 2.05) is 18.7 Å². The molecule has 0 aliphatic heterocycles. The van der Waals surface area contributed by atoms with Crippen LogP contribution in [0.4, 0.5) is 0 Å². The van der Waals surface area contributed by atoms with Crippen LogP contribution < -0.4 is 4.74 Å². The van der Waals surface area contributed by atoms with Crippen molar-refractivity contribution >= 4 is 0 Å². The third-order valence-electron chi connectivity index (χ3n) is 2.90. The lowest BCUT2D eigenvalue weighted by atomic mass is 10.0. The van der Waals surface area contributed by atoms with Crippen molar-refractivity contribution in [3.63, 3.8) is 0 Å². The molecular formula is C14H18N2O. The summed E-state index contributed by atoms with van der Waals surface area (Å²) in [5.74, 6) is 0.929. The molecule has 0 unspecified atom stereocenters. The molecule has 17 heavy (non-hydrogen) atoms. The molecule has 0 radical (unpaired) electrons. The number of methoxy groups -OCH3 is 1. The van der Waals surface area contributed by atoms with Crippen LogP contribution in [0, 0.1) is 20.8 Å². The number of aromatic nitrogens is 2. The maximum Gasteiger partial charge on any atom is 0.131 e. The first kappa shape index (κ1) is 11.7. The van der Waals surface area contributed by atoms with E-state index in [0.29, 0.717) is 0 Å². The van der Waals surface area contributed by atoms with Crippen LogP contribution in [0.2, 0.25) is 0 Å². The molecule has 0 aliphatic rings. The van der Waals surface area contributed by atoms with Gasteiger partial charge in [0.15, 0.2) is 0 Å². The summed E-state index contributed by atoms with van der Waals surface area (Å²) in [6, 6.07) is 6.35. The maximum atomic E-state index is 5.51. The smallest absolute Gasteiger partial charge is 0.131 e. The third kappa shape index (κ3) is 2.05. The molecule has 1 aromatic heterocycles. The summed E-state index contributed by atoms with van der Waals surface area (Å²) in [4.78, 5) is 0. The Morgan fingerprint density at radius 2 is 1.82 bits per heavy atom. The van der Waals surface area contributed by atoms with Gasteiger partial charge in [0.1, 0.15) is 5.75 Å². The number of ether oxygens (including phenoxy) is 1. The van der Waals surface area contributed by atoms with E-state index in [4.69, 9.17) is 4.74 Å². The second-order valence-corrected chi connectivity index (χ2v) is 4.46. The lowest BCUT2D eigenvalue weighted by Crippen LogP contribution is -1.98. The van der Waals surface area contributed by atoms with Gasteiger partial charge in [-0.05, 0) is 44.0 Å². The molecule has 0 bridgehead atoms. The fourth-order valence-electron chi connectivity index (χ4n) is 2.28. The van der Waals surface area contributed by atoms with Crippen molar-refractivity contribution < 1.29 is 4.74 Å². The number of rotatable bonds is 2. The zero-order valence-corrected chi connectivity index (χ0v) is 11.0. The Kier molecular flexibility index (Phi) is 2.92. The van der Waals surface area contributed by atoms with E-state index in [1.165, 1.54) is 5.56 Å². The van der Waals surface area contributed by atoms with Crippen LogP contribution in [0.3, 0.4) is 0 Å². The third-order valence-corrected chi connectivity index (χ3v) is 2.90. The van der Waals surface area contributed by atoms with Gasteiger partial charge in [-0.2, -0.15) is 5.10 Å². The molecule has 0 fully saturated rings. The van der Waals surface area contributed by atoms with E-state index >= 15 is 0 Å². The van der Waals surface area contributed by atoms with Crippen molar-refractivity contribution in [3.8, 4) is 17.0 Å². The second-order valence-electron chi connectivity index (χ2n) is 4.46. The van der Waals surface area contributed by atoms with E-state index in [-0.39, 0.29) is 0 Å². The second kappa shape index (κ2) is 4.24.